The molecule has 0 aliphatic rings. The van der Waals surface area contributed by atoms with E-state index in [0.717, 1.165) is 5.56 Å². The number of hydrogen-bond acceptors (Lipinski definition) is 3. The number of benzene rings is 1. The number of nitrogens with two attached hydrogens (primary N) is 1. The molecule has 0 unspecified atom stereocenters. The number of halogens is 1. The van der Waals surface area contributed by atoms with Crippen molar-refractivity contribution in [1.29, 1.82) is 0 Å². The molecule has 0 saturated carbocycles. The van der Waals surface area contributed by atoms with Gasteiger partial charge in [0.15, 0.2) is 0 Å². The second-order valence-corrected chi connectivity index (χ2v) is 4.32. The fraction of sp³-hybridized carbons (Fsp3) is 0.462. The van der Waals surface area contributed by atoms with Crippen molar-refractivity contribution in [3.63, 3.8) is 0 Å². The highest BCUT2D eigenvalue weighted by Gasteiger charge is 2.12. The van der Waals surface area contributed by atoms with Gasteiger partial charge in [0, 0.05) is 24.7 Å². The Kier molecular flexibility index (Phi) is 6.72. The molecule has 0 saturated heterocycles. The summed E-state index contributed by atoms with van der Waals surface area (Å²) in [5.74, 6) is -0.0362. The predicted molar refractivity (Wildman–Crippen MR) is 72.4 cm³/mol. The highest BCUT2D eigenvalue weighted by Crippen LogP contribution is 2.12. The molecule has 4 nitrogen and oxygen atoms in total. The number of hydrogen-bond donors (Lipinski definition) is 1. The van der Waals surface area contributed by atoms with E-state index in [-0.39, 0.29) is 12.5 Å². The second-order valence-electron chi connectivity index (χ2n) is 3.88. The van der Waals surface area contributed by atoms with Crippen LogP contribution in [0.4, 0.5) is 0 Å². The topological polar surface area (TPSA) is 55.6 Å². The molecule has 1 aromatic carbocycles. The number of ether oxygens (including phenoxy) is 1. The summed E-state index contributed by atoms with van der Waals surface area (Å²) in [5.41, 5.74) is 6.31. The van der Waals surface area contributed by atoms with Crippen LogP contribution in [0, 0.1) is 0 Å². The molecule has 0 fully saturated rings. The summed E-state index contributed by atoms with van der Waals surface area (Å²) in [4.78, 5) is 13.6. The molecule has 100 valence electrons. The van der Waals surface area contributed by atoms with Gasteiger partial charge in [-0.2, -0.15) is 0 Å². The van der Waals surface area contributed by atoms with Crippen LogP contribution >= 0.6 is 11.6 Å². The summed E-state index contributed by atoms with van der Waals surface area (Å²) in [6.45, 7) is 4.02. The molecule has 0 atom stereocenters. The van der Waals surface area contributed by atoms with Gasteiger partial charge in [-0.1, -0.05) is 23.7 Å². The maximum absolute atomic E-state index is 11.9. The van der Waals surface area contributed by atoms with Gasteiger partial charge in [0.1, 0.15) is 6.61 Å². The van der Waals surface area contributed by atoms with Gasteiger partial charge >= 0.3 is 0 Å². The molecule has 5 heteroatoms. The summed E-state index contributed by atoms with van der Waals surface area (Å²) in [7, 11) is 0. The van der Waals surface area contributed by atoms with Gasteiger partial charge in [0.2, 0.25) is 5.91 Å². The van der Waals surface area contributed by atoms with Crippen molar-refractivity contribution in [2.45, 2.75) is 13.5 Å². The first kappa shape index (κ1) is 15.0. The second kappa shape index (κ2) is 8.08. The average molecular weight is 271 g/mol. The van der Waals surface area contributed by atoms with Crippen molar-refractivity contribution in [1.82, 2.24) is 4.90 Å². The number of nitrogens with zero attached hydrogens (tertiary/aromatic N) is 1. The van der Waals surface area contributed by atoms with Crippen molar-refractivity contribution < 1.29 is 9.53 Å². The summed E-state index contributed by atoms with van der Waals surface area (Å²) >= 11 is 5.91. The van der Waals surface area contributed by atoms with Crippen LogP contribution in [0.25, 0.3) is 0 Å². The summed E-state index contributed by atoms with van der Waals surface area (Å²) in [6.07, 6.45) is 0. The molecule has 2 N–H and O–H groups in total. The fourth-order valence-electron chi connectivity index (χ4n) is 1.57. The van der Waals surface area contributed by atoms with Crippen LogP contribution in [0.1, 0.15) is 12.5 Å². The lowest BCUT2D eigenvalue weighted by atomic mass is 10.2. The smallest absolute Gasteiger partial charge is 0.248 e. The lowest BCUT2D eigenvalue weighted by Crippen LogP contribution is -2.33. The Bertz CT molecular complexity index is 385. The number of carbonyl (C=O) groups is 1. The van der Waals surface area contributed by atoms with E-state index in [4.69, 9.17) is 22.1 Å². The average Bonchev–Trinajstić information content (AvgIpc) is 2.36. The third-order valence-corrected chi connectivity index (χ3v) is 2.72. The van der Waals surface area contributed by atoms with E-state index in [2.05, 4.69) is 0 Å². The van der Waals surface area contributed by atoms with Gasteiger partial charge in [0.25, 0.3) is 0 Å². The van der Waals surface area contributed by atoms with Crippen LogP contribution in [0.15, 0.2) is 24.3 Å². The first-order valence-corrected chi connectivity index (χ1v) is 6.35. The molecule has 18 heavy (non-hydrogen) atoms. The Labute approximate surface area is 113 Å². The maximum atomic E-state index is 11.9. The van der Waals surface area contributed by atoms with E-state index < -0.39 is 0 Å². The molecule has 0 aliphatic heterocycles. The molecular formula is C13H19ClN2O2. The van der Waals surface area contributed by atoms with Crippen molar-refractivity contribution >= 4 is 17.5 Å². The zero-order valence-corrected chi connectivity index (χ0v) is 11.3. The number of carbonyl (C=O) groups excluding carboxylic acids is 1. The summed E-state index contributed by atoms with van der Waals surface area (Å²) in [5, 5.41) is 0.676. The molecule has 0 aromatic heterocycles. The van der Waals surface area contributed by atoms with E-state index in [9.17, 15) is 4.79 Å². The predicted octanol–water partition coefficient (Wildman–Crippen LogP) is 1.66. The quantitative estimate of drug-likeness (QED) is 0.767. The zero-order chi connectivity index (χ0) is 13.4. The van der Waals surface area contributed by atoms with Gasteiger partial charge in [-0.25, -0.2) is 0 Å². The SMILES string of the molecule is CCN(Cc1cccc(Cl)c1)C(=O)COCCN. The Morgan fingerprint density at radius 2 is 2.28 bits per heavy atom. The first-order chi connectivity index (χ1) is 8.67. The monoisotopic (exact) mass is 270 g/mol. The zero-order valence-electron chi connectivity index (χ0n) is 10.6. The van der Waals surface area contributed by atoms with Crippen LogP contribution < -0.4 is 5.73 Å². The highest BCUT2D eigenvalue weighted by atomic mass is 35.5. The summed E-state index contributed by atoms with van der Waals surface area (Å²) in [6, 6.07) is 7.50. The Morgan fingerprint density at radius 3 is 2.89 bits per heavy atom. The Balaban J connectivity index is 2.53. The van der Waals surface area contributed by atoms with Gasteiger partial charge in [-0.15, -0.1) is 0 Å². The van der Waals surface area contributed by atoms with E-state index in [0.29, 0.717) is 31.3 Å². The minimum Gasteiger partial charge on any atom is -0.370 e. The van der Waals surface area contributed by atoms with Gasteiger partial charge in [-0.3, -0.25) is 4.79 Å². The van der Waals surface area contributed by atoms with E-state index in [1.54, 1.807) is 4.90 Å². The third kappa shape index (κ3) is 5.04. The molecule has 0 aliphatic carbocycles. The van der Waals surface area contributed by atoms with Gasteiger partial charge in [0.05, 0.1) is 6.61 Å². The lowest BCUT2D eigenvalue weighted by molar-refractivity contribution is -0.136. The molecular weight excluding hydrogens is 252 g/mol. The van der Waals surface area contributed by atoms with Crippen molar-refractivity contribution in [3.8, 4) is 0 Å². The third-order valence-electron chi connectivity index (χ3n) is 2.48. The molecule has 0 radical (unpaired) electrons. The largest absolute Gasteiger partial charge is 0.370 e. The molecule has 1 rings (SSSR count). The lowest BCUT2D eigenvalue weighted by Gasteiger charge is -2.21. The van der Waals surface area contributed by atoms with E-state index >= 15 is 0 Å². The molecule has 0 heterocycles. The Morgan fingerprint density at radius 1 is 1.50 bits per heavy atom. The highest BCUT2D eigenvalue weighted by molar-refractivity contribution is 6.30. The first-order valence-electron chi connectivity index (χ1n) is 5.97. The minimum atomic E-state index is -0.0362. The van der Waals surface area contributed by atoms with Gasteiger partial charge in [-0.05, 0) is 24.6 Å². The molecule has 1 amide bonds. The minimum absolute atomic E-state index is 0.0362. The van der Waals surface area contributed by atoms with E-state index in [1.165, 1.54) is 0 Å². The van der Waals surface area contributed by atoms with E-state index in [1.807, 2.05) is 31.2 Å². The van der Waals surface area contributed by atoms with Crippen LogP contribution in [0.3, 0.4) is 0 Å². The fourth-order valence-corrected chi connectivity index (χ4v) is 1.78. The number of rotatable bonds is 7. The van der Waals surface area contributed by atoms with Crippen LogP contribution in [0.5, 0.6) is 0 Å². The molecule has 1 aromatic rings. The maximum Gasteiger partial charge on any atom is 0.248 e. The van der Waals surface area contributed by atoms with Crippen molar-refractivity contribution in [3.05, 3.63) is 34.9 Å². The Hall–Kier alpha value is -1.10. The van der Waals surface area contributed by atoms with Crippen molar-refractivity contribution in [2.75, 3.05) is 26.3 Å². The van der Waals surface area contributed by atoms with Crippen LogP contribution in [-0.2, 0) is 16.1 Å². The van der Waals surface area contributed by atoms with Crippen LogP contribution in [-0.4, -0.2) is 37.1 Å². The number of amides is 1. The van der Waals surface area contributed by atoms with Crippen LogP contribution in [0.2, 0.25) is 5.02 Å². The normalized spacial score (nSPS) is 10.4. The summed E-state index contributed by atoms with van der Waals surface area (Å²) < 4.78 is 5.15. The molecule has 0 spiro atoms. The van der Waals surface area contributed by atoms with Gasteiger partial charge < -0.3 is 15.4 Å². The van der Waals surface area contributed by atoms with Crippen molar-refractivity contribution in [2.24, 2.45) is 5.73 Å². The standard InChI is InChI=1S/C13H19ClN2O2/c1-2-16(13(17)10-18-7-6-15)9-11-4-3-5-12(14)8-11/h3-5,8H,2,6-7,9-10,15H2,1H3. The number of likely N-dealkylation sites (N-methyl/N-ethyl adjacent to an activating group) is 1. The molecule has 0 bridgehead atoms.